The Hall–Kier alpha value is 0.501. The Morgan fingerprint density at radius 1 is 1.00 bits per heavy atom. The van der Waals surface area contributed by atoms with Crippen LogP contribution in [0, 0.1) is 5.92 Å². The Balaban J connectivity index is 0.00000161. The van der Waals surface area contributed by atoms with Crippen LogP contribution in [0.3, 0.4) is 0 Å². The fraction of sp³-hybridized carbons (Fsp3) is 0.444. The van der Waals surface area contributed by atoms with Crippen molar-refractivity contribution in [3.8, 4) is 0 Å². The maximum absolute atomic E-state index is 2.53. The molecule has 1 aromatic carbocycles. The summed E-state index contributed by atoms with van der Waals surface area (Å²) in [6, 6.07) is 14.4. The van der Waals surface area contributed by atoms with E-state index in [1.165, 1.54) is 24.9 Å². The van der Waals surface area contributed by atoms with Crippen LogP contribution in [0.4, 0.5) is 0 Å². The zero-order valence-electron chi connectivity index (χ0n) is 13.7. The van der Waals surface area contributed by atoms with Crippen LogP contribution in [0.5, 0.6) is 0 Å². The number of rotatable bonds is 3. The van der Waals surface area contributed by atoms with Gasteiger partial charge in [0, 0.05) is 0 Å². The number of halogens is 3. The van der Waals surface area contributed by atoms with Gasteiger partial charge in [-0.2, -0.15) is 0 Å². The summed E-state index contributed by atoms with van der Waals surface area (Å²) in [4.78, 5) is 0. The van der Waals surface area contributed by atoms with Crippen molar-refractivity contribution in [2.45, 2.75) is 42.1 Å². The van der Waals surface area contributed by atoms with E-state index in [-0.39, 0.29) is 37.2 Å². The van der Waals surface area contributed by atoms with E-state index in [1.54, 1.807) is 10.8 Å². The maximum Gasteiger partial charge on any atom is -1.00 e. The van der Waals surface area contributed by atoms with E-state index >= 15 is 0 Å². The Morgan fingerprint density at radius 3 is 2.09 bits per heavy atom. The third kappa shape index (κ3) is 3.86. The van der Waals surface area contributed by atoms with E-state index < -0.39 is 8.07 Å². The fourth-order valence-electron chi connectivity index (χ4n) is 4.25. The first-order valence-corrected chi connectivity index (χ1v) is 11.0. The maximum atomic E-state index is 2.53. The number of hydrogen-bond acceptors (Lipinski definition) is 0. The Kier molecular flexibility index (Phi) is 9.47. The first-order chi connectivity index (χ1) is 9.60. The van der Waals surface area contributed by atoms with Gasteiger partial charge in [-0.05, 0) is 0 Å². The van der Waals surface area contributed by atoms with Gasteiger partial charge in [0.2, 0.25) is 0 Å². The molecule has 1 aliphatic heterocycles. The van der Waals surface area contributed by atoms with Crippen molar-refractivity contribution in [3.63, 3.8) is 0 Å². The summed E-state index contributed by atoms with van der Waals surface area (Å²) in [5.41, 5.74) is 1.68. The van der Waals surface area contributed by atoms with Crippen molar-refractivity contribution in [1.29, 1.82) is 0 Å². The smallest absolute Gasteiger partial charge is 1.00 e. The van der Waals surface area contributed by atoms with Crippen molar-refractivity contribution in [2.75, 3.05) is 0 Å². The molecule has 3 rings (SSSR count). The van der Waals surface area contributed by atoms with Gasteiger partial charge in [0.25, 0.3) is 0 Å². The van der Waals surface area contributed by atoms with Crippen LogP contribution in [-0.2, 0) is 20.4 Å². The summed E-state index contributed by atoms with van der Waals surface area (Å²) in [5.74, 6) is 0.656. The van der Waals surface area contributed by atoms with Crippen LogP contribution in [0.15, 0.2) is 54.1 Å². The SMILES string of the molecule is CC(C)C1=CC=C[C]1([Ti+3])[Si]1(c2ccccc2)CCCC1.[Cl-].[Cl-].[Cl-]. The molecular formula is C18H23Cl3SiTi. The average Bonchev–Trinajstić information content (AvgIpc) is 3.07. The predicted octanol–water partition coefficient (Wildman–Crippen LogP) is -4.45. The van der Waals surface area contributed by atoms with Gasteiger partial charge in [0.05, 0.1) is 0 Å². The predicted molar refractivity (Wildman–Crippen MR) is 85.4 cm³/mol. The summed E-state index contributed by atoms with van der Waals surface area (Å²) >= 11 is 2.53. The molecule has 5 heteroatoms. The first kappa shape index (κ1) is 23.5. The van der Waals surface area contributed by atoms with E-state index in [1.807, 2.05) is 0 Å². The molecule has 0 amide bonds. The normalized spacial score (nSPS) is 24.5. The molecule has 1 atom stereocenters. The Morgan fingerprint density at radius 2 is 1.57 bits per heavy atom. The minimum Gasteiger partial charge on any atom is -1.00 e. The van der Waals surface area contributed by atoms with Crippen molar-refractivity contribution >= 4 is 13.3 Å². The minimum atomic E-state index is -1.48. The van der Waals surface area contributed by atoms with E-state index in [2.05, 4.69) is 82.8 Å². The molecule has 1 heterocycles. The molecule has 1 fully saturated rings. The Labute approximate surface area is 172 Å². The summed E-state index contributed by atoms with van der Waals surface area (Å²) in [6.45, 7) is 4.72. The molecule has 1 saturated heterocycles. The van der Waals surface area contributed by atoms with Gasteiger partial charge in [0.1, 0.15) is 0 Å². The van der Waals surface area contributed by atoms with Crippen LogP contribution < -0.4 is 42.4 Å². The Bertz CT molecular complexity index is 551. The van der Waals surface area contributed by atoms with Crippen LogP contribution in [0.25, 0.3) is 0 Å². The quantitative estimate of drug-likeness (QED) is 0.432. The second-order valence-corrected chi connectivity index (χ2v) is 13.1. The molecule has 1 aromatic rings. The monoisotopic (exact) mass is 420 g/mol. The first-order valence-electron chi connectivity index (χ1n) is 7.81. The van der Waals surface area contributed by atoms with Gasteiger partial charge in [-0.3, -0.25) is 0 Å². The molecule has 0 aromatic heterocycles. The molecule has 0 nitrogen and oxygen atoms in total. The van der Waals surface area contributed by atoms with E-state index in [9.17, 15) is 0 Å². The molecule has 0 N–H and O–H groups in total. The van der Waals surface area contributed by atoms with Crippen molar-refractivity contribution in [2.24, 2.45) is 5.92 Å². The van der Waals surface area contributed by atoms with Crippen LogP contribution in [0.1, 0.15) is 26.7 Å². The van der Waals surface area contributed by atoms with Gasteiger partial charge in [0.15, 0.2) is 0 Å². The summed E-state index contributed by atoms with van der Waals surface area (Å²) in [7, 11) is -1.48. The van der Waals surface area contributed by atoms with Gasteiger partial charge >= 0.3 is 136 Å². The summed E-state index contributed by atoms with van der Waals surface area (Å²) < 4.78 is 0.332. The zero-order valence-corrected chi connectivity index (χ0v) is 18.5. The molecule has 0 radical (unpaired) electrons. The number of hydrogen-bond donors (Lipinski definition) is 0. The van der Waals surface area contributed by atoms with Gasteiger partial charge in [-0.15, -0.1) is 0 Å². The van der Waals surface area contributed by atoms with Crippen molar-refractivity contribution < 1.29 is 57.7 Å². The standard InChI is InChI=1S/C18H23Si.3ClH.Ti/c1-15(2)17-11-8-12-18(17)19(13-6-7-14-19)16-9-4-3-5-10-16;;;;/h3-5,8-12,15H,6-7,13-14H2,1-2H3;3*1H;/q;;;;+3/p-3. The molecule has 0 bridgehead atoms. The molecule has 0 saturated carbocycles. The van der Waals surface area contributed by atoms with Crippen molar-refractivity contribution in [3.05, 3.63) is 54.1 Å². The van der Waals surface area contributed by atoms with Crippen molar-refractivity contribution in [1.82, 2.24) is 0 Å². The molecule has 23 heavy (non-hydrogen) atoms. The van der Waals surface area contributed by atoms with Gasteiger partial charge in [-0.1, -0.05) is 0 Å². The van der Waals surface area contributed by atoms with Gasteiger partial charge in [-0.25, -0.2) is 0 Å². The van der Waals surface area contributed by atoms with E-state index in [0.717, 1.165) is 0 Å². The largest absolute Gasteiger partial charge is 1.00 e. The second kappa shape index (κ2) is 9.27. The topological polar surface area (TPSA) is 0 Å². The summed E-state index contributed by atoms with van der Waals surface area (Å²) in [6.07, 6.45) is 10.1. The third-order valence-corrected chi connectivity index (χ3v) is 14.0. The van der Waals surface area contributed by atoms with Crippen LogP contribution in [0.2, 0.25) is 15.4 Å². The molecule has 1 unspecified atom stereocenters. The molecule has 124 valence electrons. The molecule has 1 aliphatic carbocycles. The molecule has 0 spiro atoms. The second-order valence-electron chi connectivity index (χ2n) is 6.60. The minimum absolute atomic E-state index is 0. The molecule has 2 aliphatic rings. The van der Waals surface area contributed by atoms with E-state index in [4.69, 9.17) is 0 Å². The summed E-state index contributed by atoms with van der Waals surface area (Å²) in [5, 5.41) is 1.68. The van der Waals surface area contributed by atoms with E-state index in [0.29, 0.717) is 9.26 Å². The van der Waals surface area contributed by atoms with Crippen LogP contribution in [-0.4, -0.2) is 8.07 Å². The fourth-order valence-corrected chi connectivity index (χ4v) is 12.8. The third-order valence-electron chi connectivity index (χ3n) is 5.24. The number of allylic oxidation sites excluding steroid dienone is 4. The molecular weight excluding hydrogens is 399 g/mol. The number of benzene rings is 1. The van der Waals surface area contributed by atoms with Gasteiger partial charge < -0.3 is 37.2 Å². The zero-order chi connectivity index (χ0) is 14.2. The average molecular weight is 422 g/mol. The van der Waals surface area contributed by atoms with Crippen LogP contribution >= 0.6 is 0 Å².